The van der Waals surface area contributed by atoms with E-state index in [9.17, 15) is 9.50 Å². The predicted molar refractivity (Wildman–Crippen MR) is 72.8 cm³/mol. The average molecular weight is 298 g/mol. The number of aromatic nitrogens is 1. The van der Waals surface area contributed by atoms with Gasteiger partial charge in [0.15, 0.2) is 11.5 Å². The predicted octanol–water partition coefficient (Wildman–Crippen LogP) is 2.97. The number of benzene rings is 1. The smallest absolute Gasteiger partial charge is 0.179 e. The fraction of sp³-hybridized carbons (Fsp3) is 0.214. The van der Waals surface area contributed by atoms with E-state index in [1.54, 1.807) is 12.1 Å². The summed E-state index contributed by atoms with van der Waals surface area (Å²) >= 11 is 6.20. The lowest BCUT2D eigenvalue weighted by Gasteiger charge is -2.16. The zero-order valence-corrected chi connectivity index (χ0v) is 11.7. The molecule has 1 heterocycles. The van der Waals surface area contributed by atoms with Crippen LogP contribution in [-0.4, -0.2) is 24.3 Å². The lowest BCUT2D eigenvalue weighted by atomic mass is 10.0. The zero-order valence-electron chi connectivity index (χ0n) is 10.9. The molecule has 0 saturated heterocycles. The minimum Gasteiger partial charge on any atom is -0.493 e. The fourth-order valence-corrected chi connectivity index (χ4v) is 2.21. The molecule has 4 nitrogen and oxygen atoms in total. The molecule has 1 aromatic carbocycles. The van der Waals surface area contributed by atoms with E-state index in [0.717, 1.165) is 6.20 Å². The first kappa shape index (κ1) is 14.6. The van der Waals surface area contributed by atoms with Crippen molar-refractivity contribution in [3.05, 3.63) is 52.6 Å². The van der Waals surface area contributed by atoms with Gasteiger partial charge in [-0.25, -0.2) is 4.39 Å². The van der Waals surface area contributed by atoms with Crippen molar-refractivity contribution < 1.29 is 19.0 Å². The van der Waals surface area contributed by atoms with Gasteiger partial charge in [0.25, 0.3) is 0 Å². The summed E-state index contributed by atoms with van der Waals surface area (Å²) in [6.07, 6.45) is 1.33. The molecule has 1 atom stereocenters. The molecule has 2 rings (SSSR count). The highest BCUT2D eigenvalue weighted by molar-refractivity contribution is 6.33. The summed E-state index contributed by atoms with van der Waals surface area (Å²) in [4.78, 5) is 3.70. The number of hydrogen-bond acceptors (Lipinski definition) is 4. The number of pyridine rings is 1. The molecule has 0 radical (unpaired) electrons. The Bertz CT molecular complexity index is 621. The monoisotopic (exact) mass is 297 g/mol. The van der Waals surface area contributed by atoms with Crippen LogP contribution in [0.4, 0.5) is 4.39 Å². The molecule has 0 aliphatic rings. The molecule has 2 aromatic rings. The topological polar surface area (TPSA) is 51.6 Å². The number of nitrogens with zero attached hydrogens (tertiary/aromatic N) is 1. The highest BCUT2D eigenvalue weighted by Crippen LogP contribution is 2.40. The van der Waals surface area contributed by atoms with Crippen LogP contribution in [0.15, 0.2) is 30.6 Å². The second-order valence-corrected chi connectivity index (χ2v) is 4.42. The number of ether oxygens (including phenoxy) is 2. The minimum absolute atomic E-state index is 0.212. The van der Waals surface area contributed by atoms with Crippen LogP contribution in [0, 0.1) is 5.82 Å². The van der Waals surface area contributed by atoms with E-state index in [1.807, 2.05) is 0 Å². The van der Waals surface area contributed by atoms with Gasteiger partial charge in [-0.1, -0.05) is 17.7 Å². The van der Waals surface area contributed by atoms with Crippen LogP contribution >= 0.6 is 11.6 Å². The number of hydrogen-bond donors (Lipinski definition) is 1. The molecule has 6 heteroatoms. The van der Waals surface area contributed by atoms with Crippen LogP contribution < -0.4 is 9.47 Å². The largest absolute Gasteiger partial charge is 0.493 e. The van der Waals surface area contributed by atoms with E-state index >= 15 is 0 Å². The first-order valence-corrected chi connectivity index (χ1v) is 6.15. The summed E-state index contributed by atoms with van der Waals surface area (Å²) in [7, 11) is 2.93. The third kappa shape index (κ3) is 2.69. The fourth-order valence-electron chi connectivity index (χ4n) is 1.87. The van der Waals surface area contributed by atoms with Crippen LogP contribution in [0.5, 0.6) is 11.5 Å². The summed E-state index contributed by atoms with van der Waals surface area (Å²) in [6.45, 7) is 0. The Morgan fingerprint density at radius 2 is 2.00 bits per heavy atom. The highest BCUT2D eigenvalue weighted by atomic mass is 35.5. The maximum Gasteiger partial charge on any atom is 0.179 e. The van der Waals surface area contributed by atoms with E-state index in [0.29, 0.717) is 22.6 Å². The molecule has 1 aromatic heterocycles. The summed E-state index contributed by atoms with van der Waals surface area (Å²) in [5.74, 6) is 0.235. The van der Waals surface area contributed by atoms with Gasteiger partial charge in [0, 0.05) is 17.3 Å². The molecule has 1 N–H and O–H groups in total. The van der Waals surface area contributed by atoms with Crippen molar-refractivity contribution in [2.75, 3.05) is 14.2 Å². The quantitative estimate of drug-likeness (QED) is 0.942. The van der Waals surface area contributed by atoms with E-state index in [4.69, 9.17) is 21.1 Å². The maximum absolute atomic E-state index is 13.2. The molecule has 1 unspecified atom stereocenters. The van der Waals surface area contributed by atoms with Gasteiger partial charge in [-0.15, -0.1) is 0 Å². The Balaban J connectivity index is 2.47. The maximum atomic E-state index is 13.2. The van der Waals surface area contributed by atoms with Crippen LogP contribution in [0.3, 0.4) is 0 Å². The number of halogens is 2. The van der Waals surface area contributed by atoms with Crippen molar-refractivity contribution in [1.29, 1.82) is 0 Å². The molecule has 0 fully saturated rings. The SMILES string of the molecule is COc1ccc(C(O)c2cncc(F)c2)c(Cl)c1OC. The van der Waals surface area contributed by atoms with Gasteiger partial charge >= 0.3 is 0 Å². The summed E-state index contributed by atoms with van der Waals surface area (Å²) < 4.78 is 23.4. The Hall–Kier alpha value is -1.85. The Morgan fingerprint density at radius 3 is 2.60 bits per heavy atom. The first-order chi connectivity index (χ1) is 9.58. The van der Waals surface area contributed by atoms with Gasteiger partial charge in [0.1, 0.15) is 11.9 Å². The minimum atomic E-state index is -1.11. The van der Waals surface area contributed by atoms with Gasteiger partial charge in [-0.05, 0) is 12.1 Å². The van der Waals surface area contributed by atoms with Gasteiger partial charge in [0.05, 0.1) is 25.4 Å². The molecule has 0 saturated carbocycles. The number of aliphatic hydroxyl groups is 1. The van der Waals surface area contributed by atoms with Crippen LogP contribution in [0.25, 0.3) is 0 Å². The number of aliphatic hydroxyl groups excluding tert-OH is 1. The second kappa shape index (κ2) is 6.07. The lowest BCUT2D eigenvalue weighted by molar-refractivity contribution is 0.218. The van der Waals surface area contributed by atoms with Gasteiger partial charge in [-0.2, -0.15) is 0 Å². The third-order valence-electron chi connectivity index (χ3n) is 2.85. The molecule has 20 heavy (non-hydrogen) atoms. The second-order valence-electron chi connectivity index (χ2n) is 4.04. The van der Waals surface area contributed by atoms with Crippen LogP contribution in [-0.2, 0) is 0 Å². The van der Waals surface area contributed by atoms with Crippen molar-refractivity contribution in [3.63, 3.8) is 0 Å². The molecular weight excluding hydrogens is 285 g/mol. The molecule has 106 valence electrons. The molecule has 0 spiro atoms. The van der Waals surface area contributed by atoms with Crippen molar-refractivity contribution in [2.45, 2.75) is 6.10 Å². The Labute approximate surface area is 120 Å². The molecule has 0 aliphatic heterocycles. The van der Waals surface area contributed by atoms with E-state index < -0.39 is 11.9 Å². The molecule has 0 aliphatic carbocycles. The van der Waals surface area contributed by atoms with E-state index in [2.05, 4.69) is 4.98 Å². The zero-order chi connectivity index (χ0) is 14.7. The van der Waals surface area contributed by atoms with Crippen molar-refractivity contribution >= 4 is 11.6 Å². The van der Waals surface area contributed by atoms with Gasteiger partial charge < -0.3 is 14.6 Å². The van der Waals surface area contributed by atoms with Gasteiger partial charge in [-0.3, -0.25) is 4.98 Å². The lowest BCUT2D eigenvalue weighted by Crippen LogP contribution is -2.03. The standard InChI is InChI=1S/C14H13ClFNO3/c1-19-11-4-3-10(12(15)14(11)20-2)13(18)8-5-9(16)7-17-6-8/h3-7,13,18H,1-2H3. The average Bonchev–Trinajstić information content (AvgIpc) is 2.46. The number of methoxy groups -OCH3 is 2. The van der Waals surface area contributed by atoms with E-state index in [1.165, 1.54) is 26.5 Å². The van der Waals surface area contributed by atoms with Crippen molar-refractivity contribution in [1.82, 2.24) is 4.98 Å². The Kier molecular flexibility index (Phi) is 4.42. The van der Waals surface area contributed by atoms with Crippen molar-refractivity contribution in [2.24, 2.45) is 0 Å². The normalized spacial score (nSPS) is 12.1. The molecular formula is C14H13ClFNO3. The van der Waals surface area contributed by atoms with Crippen molar-refractivity contribution in [3.8, 4) is 11.5 Å². The van der Waals surface area contributed by atoms with E-state index in [-0.39, 0.29) is 5.02 Å². The number of rotatable bonds is 4. The summed E-state index contributed by atoms with van der Waals surface area (Å²) in [5, 5.41) is 10.5. The third-order valence-corrected chi connectivity index (χ3v) is 3.24. The summed E-state index contributed by atoms with van der Waals surface area (Å²) in [6, 6.07) is 4.42. The Morgan fingerprint density at radius 1 is 1.25 bits per heavy atom. The highest BCUT2D eigenvalue weighted by Gasteiger charge is 2.20. The summed E-state index contributed by atoms with van der Waals surface area (Å²) in [5.41, 5.74) is 0.691. The van der Waals surface area contributed by atoms with Gasteiger partial charge in [0.2, 0.25) is 0 Å². The first-order valence-electron chi connectivity index (χ1n) is 5.77. The molecule has 0 bridgehead atoms. The van der Waals surface area contributed by atoms with Crippen LogP contribution in [0.2, 0.25) is 5.02 Å². The van der Waals surface area contributed by atoms with Crippen LogP contribution in [0.1, 0.15) is 17.2 Å². The molecule has 0 amide bonds.